The monoisotopic (exact) mass is 258 g/mol. The van der Waals surface area contributed by atoms with Crippen LogP contribution in [-0.4, -0.2) is 11.8 Å². The van der Waals surface area contributed by atoms with E-state index < -0.39 is 0 Å². The normalized spacial score (nSPS) is 9.95. The quantitative estimate of drug-likeness (QED) is 0.882. The maximum Gasteiger partial charge on any atom is 0.287 e. The van der Waals surface area contributed by atoms with Crippen molar-refractivity contribution in [3.8, 4) is 0 Å². The van der Waals surface area contributed by atoms with Crippen molar-refractivity contribution >= 4 is 17.5 Å². The zero-order valence-electron chi connectivity index (χ0n) is 10.5. The number of amides is 2. The number of anilines is 1. The van der Waals surface area contributed by atoms with Gasteiger partial charge in [0.15, 0.2) is 5.76 Å². The molecule has 0 saturated carbocycles. The predicted octanol–water partition coefficient (Wildman–Crippen LogP) is 2.17. The molecular formula is C14H14N2O3. The van der Waals surface area contributed by atoms with Gasteiger partial charge in [-0.05, 0) is 29.8 Å². The summed E-state index contributed by atoms with van der Waals surface area (Å²) in [5, 5.41) is 5.42. The van der Waals surface area contributed by atoms with Crippen molar-refractivity contribution in [3.63, 3.8) is 0 Å². The molecule has 0 saturated heterocycles. The van der Waals surface area contributed by atoms with E-state index in [2.05, 4.69) is 10.6 Å². The fourth-order valence-corrected chi connectivity index (χ4v) is 1.59. The summed E-state index contributed by atoms with van der Waals surface area (Å²) in [4.78, 5) is 22.5. The minimum absolute atomic E-state index is 0.112. The molecule has 0 atom stereocenters. The van der Waals surface area contributed by atoms with Gasteiger partial charge in [-0.15, -0.1) is 0 Å². The van der Waals surface area contributed by atoms with E-state index >= 15 is 0 Å². The second kappa shape index (κ2) is 5.86. The lowest BCUT2D eigenvalue weighted by molar-refractivity contribution is -0.114. The third-order valence-corrected chi connectivity index (χ3v) is 2.47. The van der Waals surface area contributed by atoms with E-state index in [4.69, 9.17) is 4.42 Å². The van der Waals surface area contributed by atoms with Crippen LogP contribution in [0.1, 0.15) is 23.0 Å². The Hall–Kier alpha value is -2.56. The molecule has 0 unspecified atom stereocenters. The lowest BCUT2D eigenvalue weighted by Crippen LogP contribution is -2.22. The van der Waals surface area contributed by atoms with Gasteiger partial charge in [-0.2, -0.15) is 0 Å². The molecular weight excluding hydrogens is 244 g/mol. The fraction of sp³-hybridized carbons (Fsp3) is 0.143. The first kappa shape index (κ1) is 12.9. The summed E-state index contributed by atoms with van der Waals surface area (Å²) in [5.41, 5.74) is 1.67. The average Bonchev–Trinajstić information content (AvgIpc) is 2.91. The highest BCUT2D eigenvalue weighted by Crippen LogP contribution is 2.09. The van der Waals surface area contributed by atoms with Crippen LogP contribution in [0.2, 0.25) is 0 Å². The Bertz CT molecular complexity index is 559. The summed E-state index contributed by atoms with van der Waals surface area (Å²) >= 11 is 0. The van der Waals surface area contributed by atoms with E-state index in [9.17, 15) is 9.59 Å². The van der Waals surface area contributed by atoms with Crippen molar-refractivity contribution in [2.45, 2.75) is 13.5 Å². The molecule has 1 aromatic heterocycles. The van der Waals surface area contributed by atoms with Crippen LogP contribution in [-0.2, 0) is 11.3 Å². The third kappa shape index (κ3) is 3.70. The Morgan fingerprint density at radius 3 is 2.47 bits per heavy atom. The van der Waals surface area contributed by atoms with Gasteiger partial charge in [-0.1, -0.05) is 12.1 Å². The molecule has 98 valence electrons. The van der Waals surface area contributed by atoms with Gasteiger partial charge in [0.1, 0.15) is 0 Å². The number of hydrogen-bond donors (Lipinski definition) is 2. The van der Waals surface area contributed by atoms with Crippen molar-refractivity contribution in [2.24, 2.45) is 0 Å². The van der Waals surface area contributed by atoms with Crippen LogP contribution in [0.25, 0.3) is 0 Å². The predicted molar refractivity (Wildman–Crippen MR) is 70.6 cm³/mol. The van der Waals surface area contributed by atoms with Gasteiger partial charge in [-0.3, -0.25) is 9.59 Å². The Kier molecular flexibility index (Phi) is 3.97. The van der Waals surface area contributed by atoms with E-state index in [1.165, 1.54) is 13.2 Å². The van der Waals surface area contributed by atoms with Crippen molar-refractivity contribution in [1.29, 1.82) is 0 Å². The van der Waals surface area contributed by atoms with Crippen molar-refractivity contribution in [1.82, 2.24) is 5.32 Å². The van der Waals surface area contributed by atoms with E-state index in [-0.39, 0.29) is 17.6 Å². The number of carbonyl (C=O) groups is 2. The number of furan rings is 1. The lowest BCUT2D eigenvalue weighted by atomic mass is 10.2. The Balaban J connectivity index is 1.89. The Morgan fingerprint density at radius 1 is 1.16 bits per heavy atom. The highest BCUT2D eigenvalue weighted by Gasteiger charge is 2.07. The first-order chi connectivity index (χ1) is 9.15. The lowest BCUT2D eigenvalue weighted by Gasteiger charge is -2.05. The van der Waals surface area contributed by atoms with Crippen LogP contribution < -0.4 is 10.6 Å². The molecule has 5 heteroatoms. The van der Waals surface area contributed by atoms with Gasteiger partial charge < -0.3 is 15.1 Å². The molecule has 2 N–H and O–H groups in total. The SMILES string of the molecule is CC(=O)Nc1ccc(CNC(=O)c2ccco2)cc1. The van der Waals surface area contributed by atoms with Gasteiger partial charge in [0, 0.05) is 19.2 Å². The zero-order valence-corrected chi connectivity index (χ0v) is 10.5. The molecule has 0 aliphatic heterocycles. The number of benzene rings is 1. The van der Waals surface area contributed by atoms with E-state index in [1.807, 2.05) is 12.1 Å². The topological polar surface area (TPSA) is 71.3 Å². The highest BCUT2D eigenvalue weighted by molar-refractivity contribution is 5.91. The average molecular weight is 258 g/mol. The number of hydrogen-bond acceptors (Lipinski definition) is 3. The number of rotatable bonds is 4. The first-order valence-corrected chi connectivity index (χ1v) is 5.83. The van der Waals surface area contributed by atoms with E-state index in [0.717, 1.165) is 11.3 Å². The van der Waals surface area contributed by atoms with Crippen LogP contribution in [0.4, 0.5) is 5.69 Å². The Labute approximate surface area is 110 Å². The smallest absolute Gasteiger partial charge is 0.287 e. The van der Waals surface area contributed by atoms with Crippen molar-refractivity contribution in [2.75, 3.05) is 5.32 Å². The summed E-state index contributed by atoms with van der Waals surface area (Å²) in [6.45, 7) is 1.86. The van der Waals surface area contributed by atoms with Crippen LogP contribution >= 0.6 is 0 Å². The molecule has 1 aromatic carbocycles. The molecule has 5 nitrogen and oxygen atoms in total. The van der Waals surface area contributed by atoms with Crippen molar-refractivity contribution in [3.05, 3.63) is 54.0 Å². The van der Waals surface area contributed by atoms with Crippen molar-refractivity contribution < 1.29 is 14.0 Å². The standard InChI is InChI=1S/C14H14N2O3/c1-10(17)16-12-6-4-11(5-7-12)9-15-14(18)13-3-2-8-19-13/h2-8H,9H2,1H3,(H,15,18)(H,16,17). The molecule has 0 radical (unpaired) electrons. The molecule has 0 aliphatic carbocycles. The van der Waals surface area contributed by atoms with Crippen LogP contribution in [0.15, 0.2) is 47.1 Å². The summed E-state index contributed by atoms with van der Waals surface area (Å²) < 4.78 is 4.99. The molecule has 2 aromatic rings. The third-order valence-electron chi connectivity index (χ3n) is 2.47. The van der Waals surface area contributed by atoms with Gasteiger partial charge >= 0.3 is 0 Å². The van der Waals surface area contributed by atoms with Gasteiger partial charge in [-0.25, -0.2) is 0 Å². The van der Waals surface area contributed by atoms with Crippen LogP contribution in [0, 0.1) is 0 Å². The summed E-state index contributed by atoms with van der Waals surface area (Å²) in [5.74, 6) is -0.0790. The highest BCUT2D eigenvalue weighted by atomic mass is 16.3. The summed E-state index contributed by atoms with van der Waals surface area (Å²) in [6.07, 6.45) is 1.46. The maximum atomic E-state index is 11.6. The molecule has 2 amide bonds. The van der Waals surface area contributed by atoms with Gasteiger partial charge in [0.05, 0.1) is 6.26 Å². The van der Waals surface area contributed by atoms with E-state index in [1.54, 1.807) is 24.3 Å². The minimum atomic E-state index is -0.254. The molecule has 0 aliphatic rings. The van der Waals surface area contributed by atoms with Gasteiger partial charge in [0.25, 0.3) is 5.91 Å². The van der Waals surface area contributed by atoms with E-state index in [0.29, 0.717) is 6.54 Å². The largest absolute Gasteiger partial charge is 0.459 e. The second-order valence-electron chi connectivity index (χ2n) is 4.04. The second-order valence-corrected chi connectivity index (χ2v) is 4.04. The fourth-order valence-electron chi connectivity index (χ4n) is 1.59. The number of carbonyl (C=O) groups excluding carboxylic acids is 2. The number of nitrogens with one attached hydrogen (secondary N) is 2. The summed E-state index contributed by atoms with van der Waals surface area (Å²) in [7, 11) is 0. The molecule has 19 heavy (non-hydrogen) atoms. The summed E-state index contributed by atoms with van der Waals surface area (Å²) in [6, 6.07) is 10.5. The zero-order chi connectivity index (χ0) is 13.7. The maximum absolute atomic E-state index is 11.6. The van der Waals surface area contributed by atoms with Crippen LogP contribution in [0.3, 0.4) is 0 Å². The molecule has 0 fully saturated rings. The van der Waals surface area contributed by atoms with Crippen LogP contribution in [0.5, 0.6) is 0 Å². The Morgan fingerprint density at radius 2 is 1.89 bits per heavy atom. The first-order valence-electron chi connectivity index (χ1n) is 5.83. The van der Waals surface area contributed by atoms with Gasteiger partial charge in [0.2, 0.25) is 5.91 Å². The molecule has 2 rings (SSSR count). The minimum Gasteiger partial charge on any atom is -0.459 e. The molecule has 1 heterocycles. The molecule has 0 bridgehead atoms. The molecule has 0 spiro atoms.